The number of ether oxygens (including phenoxy) is 1. The summed E-state index contributed by atoms with van der Waals surface area (Å²) in [7, 11) is 2.16. The van der Waals surface area contributed by atoms with Gasteiger partial charge in [0, 0.05) is 50.3 Å². The van der Waals surface area contributed by atoms with Gasteiger partial charge in [-0.25, -0.2) is 0 Å². The van der Waals surface area contributed by atoms with Crippen molar-refractivity contribution in [3.05, 3.63) is 57.0 Å². The number of phenolic OH excluding ortho intramolecular Hbond substituents is 1. The lowest BCUT2D eigenvalue weighted by Gasteiger charge is -2.38. The SMILES string of the molecule is C/C(=C\CC[C@]1(S)CCc2c(CN3CCN(C)CC3)c(O)cc(C)c2O1)CC/C=C(\S)CCC=C(CO)CO. The number of aromatic hydroxyl groups is 1. The van der Waals surface area contributed by atoms with Crippen LogP contribution in [0.4, 0.5) is 0 Å². The Kier molecular flexibility index (Phi) is 12.8. The molecule has 0 aliphatic carbocycles. The van der Waals surface area contributed by atoms with Crippen molar-refractivity contribution in [1.29, 1.82) is 0 Å². The smallest absolute Gasteiger partial charge is 0.152 e. The molecule has 0 bridgehead atoms. The highest BCUT2D eigenvalue weighted by Gasteiger charge is 2.35. The van der Waals surface area contributed by atoms with E-state index < -0.39 is 4.93 Å². The van der Waals surface area contributed by atoms with E-state index in [1.54, 1.807) is 0 Å². The van der Waals surface area contributed by atoms with Crippen molar-refractivity contribution in [3.8, 4) is 11.5 Å². The second kappa shape index (κ2) is 15.5. The minimum Gasteiger partial charge on any atom is -0.508 e. The molecular weight excluding hydrogens is 528 g/mol. The van der Waals surface area contributed by atoms with Crippen LogP contribution in [0.5, 0.6) is 11.5 Å². The van der Waals surface area contributed by atoms with Crippen LogP contribution >= 0.6 is 25.3 Å². The van der Waals surface area contributed by atoms with E-state index in [1.807, 2.05) is 19.1 Å². The molecule has 6 nitrogen and oxygen atoms in total. The first kappa shape index (κ1) is 32.1. The fourth-order valence-electron chi connectivity index (χ4n) is 5.26. The summed E-state index contributed by atoms with van der Waals surface area (Å²) < 4.78 is 6.56. The number of hydrogen-bond acceptors (Lipinski definition) is 8. The van der Waals surface area contributed by atoms with E-state index in [4.69, 9.17) is 27.6 Å². The van der Waals surface area contributed by atoms with Gasteiger partial charge in [-0.05, 0) is 87.9 Å². The van der Waals surface area contributed by atoms with Crippen LogP contribution in [0.15, 0.2) is 40.3 Å². The van der Waals surface area contributed by atoms with Crippen LogP contribution in [0, 0.1) is 6.92 Å². The van der Waals surface area contributed by atoms with E-state index in [1.165, 1.54) is 5.57 Å². The standard InChI is InChI=1S/C31H48N2O4S2/c1-23(7-4-10-26(38)11-5-9-25(21-34)22-35)8-6-13-31(39)14-12-27-28(20-33-17-15-32(3)16-18-33)29(36)19-24(2)30(27)37-31/h8-10,19,34-36,38-39H,4-7,11-18,20-22H2,1-3H3/b23-8+,26-10-/t31-/m0/s1. The predicted molar refractivity (Wildman–Crippen MR) is 167 cm³/mol. The summed E-state index contributed by atoms with van der Waals surface area (Å²) in [5.41, 5.74) is 5.14. The zero-order chi connectivity index (χ0) is 28.4. The lowest BCUT2D eigenvalue weighted by molar-refractivity contribution is 0.127. The fourth-order valence-corrected chi connectivity index (χ4v) is 5.85. The Morgan fingerprint density at radius 1 is 1.05 bits per heavy atom. The Morgan fingerprint density at radius 2 is 1.74 bits per heavy atom. The second-order valence-electron chi connectivity index (χ2n) is 11.2. The topological polar surface area (TPSA) is 76.4 Å². The van der Waals surface area contributed by atoms with E-state index >= 15 is 0 Å². The molecule has 39 heavy (non-hydrogen) atoms. The number of phenols is 1. The van der Waals surface area contributed by atoms with E-state index in [0.29, 0.717) is 11.3 Å². The summed E-state index contributed by atoms with van der Waals surface area (Å²) in [5, 5.41) is 29.0. The number of likely N-dealkylation sites (N-methyl/N-ethyl adjacent to an activating group) is 1. The Morgan fingerprint density at radius 3 is 2.44 bits per heavy atom. The van der Waals surface area contributed by atoms with Crippen molar-refractivity contribution in [2.75, 3.05) is 46.4 Å². The Bertz CT molecular complexity index is 1040. The first-order valence-corrected chi connectivity index (χ1v) is 15.1. The minimum absolute atomic E-state index is 0.0988. The molecular formula is C31H48N2O4S2. The molecule has 1 atom stereocenters. The summed E-state index contributed by atoms with van der Waals surface area (Å²) in [6, 6.07) is 1.85. The number of piperazine rings is 1. The Balaban J connectivity index is 1.51. The summed E-state index contributed by atoms with van der Waals surface area (Å²) >= 11 is 9.57. The second-order valence-corrected chi connectivity index (χ2v) is 12.6. The molecule has 0 radical (unpaired) electrons. The van der Waals surface area contributed by atoms with Crippen molar-refractivity contribution < 1.29 is 20.1 Å². The van der Waals surface area contributed by atoms with Gasteiger partial charge in [0.15, 0.2) is 4.93 Å². The maximum Gasteiger partial charge on any atom is 0.152 e. The first-order chi connectivity index (χ1) is 18.6. The van der Waals surface area contributed by atoms with Gasteiger partial charge in [0.2, 0.25) is 0 Å². The first-order valence-electron chi connectivity index (χ1n) is 14.2. The number of thiol groups is 2. The molecule has 1 aromatic rings. The Hall–Kier alpha value is -1.42. The molecule has 0 unspecified atom stereocenters. The van der Waals surface area contributed by atoms with Crippen LogP contribution < -0.4 is 4.74 Å². The van der Waals surface area contributed by atoms with Crippen LogP contribution in [0.3, 0.4) is 0 Å². The number of aryl methyl sites for hydroxylation is 1. The number of allylic oxidation sites excluding steroid dienone is 5. The number of rotatable bonds is 13. The molecule has 2 heterocycles. The number of aliphatic hydroxyl groups is 2. The van der Waals surface area contributed by atoms with E-state index in [0.717, 1.165) is 111 Å². The highest BCUT2D eigenvalue weighted by Crippen LogP contribution is 2.44. The van der Waals surface area contributed by atoms with Gasteiger partial charge in [-0.3, -0.25) is 4.90 Å². The molecule has 2 aliphatic rings. The molecule has 0 saturated carbocycles. The maximum absolute atomic E-state index is 10.8. The lowest BCUT2D eigenvalue weighted by Crippen LogP contribution is -2.44. The van der Waals surface area contributed by atoms with Crippen LogP contribution in [-0.4, -0.2) is 76.5 Å². The number of hydrogen-bond donors (Lipinski definition) is 5. The monoisotopic (exact) mass is 576 g/mol. The molecule has 0 amide bonds. The van der Waals surface area contributed by atoms with Crippen LogP contribution in [0.2, 0.25) is 0 Å². The van der Waals surface area contributed by atoms with Crippen LogP contribution in [-0.2, 0) is 13.0 Å². The third-order valence-electron chi connectivity index (χ3n) is 7.88. The van der Waals surface area contributed by atoms with Gasteiger partial charge in [-0.2, -0.15) is 0 Å². The van der Waals surface area contributed by atoms with Gasteiger partial charge in [-0.1, -0.05) is 23.8 Å². The summed E-state index contributed by atoms with van der Waals surface area (Å²) in [6.07, 6.45) is 13.3. The minimum atomic E-state index is -0.510. The molecule has 1 aromatic carbocycles. The zero-order valence-corrected chi connectivity index (χ0v) is 25.7. The molecule has 0 aromatic heterocycles. The molecule has 2 aliphatic heterocycles. The molecule has 8 heteroatoms. The largest absolute Gasteiger partial charge is 0.508 e. The number of fused-ring (bicyclic) bond motifs is 1. The van der Waals surface area contributed by atoms with Gasteiger partial charge in [0.05, 0.1) is 13.2 Å². The van der Waals surface area contributed by atoms with E-state index in [-0.39, 0.29) is 13.2 Å². The van der Waals surface area contributed by atoms with Crippen molar-refractivity contribution in [2.45, 2.75) is 76.7 Å². The van der Waals surface area contributed by atoms with Crippen molar-refractivity contribution in [3.63, 3.8) is 0 Å². The quantitative estimate of drug-likeness (QED) is 0.160. The number of aliphatic hydroxyl groups excluding tert-OH is 2. The molecule has 0 spiro atoms. The van der Waals surface area contributed by atoms with Gasteiger partial charge in [-0.15, -0.1) is 25.3 Å². The maximum atomic E-state index is 10.8. The lowest BCUT2D eigenvalue weighted by atomic mass is 9.91. The number of nitrogens with zero attached hydrogens (tertiary/aromatic N) is 2. The normalized spacial score (nSPS) is 21.0. The fraction of sp³-hybridized carbons (Fsp3) is 0.613. The highest BCUT2D eigenvalue weighted by atomic mass is 32.1. The number of benzene rings is 1. The average Bonchev–Trinajstić information content (AvgIpc) is 2.90. The summed E-state index contributed by atoms with van der Waals surface area (Å²) in [5.74, 6) is 1.29. The van der Waals surface area contributed by atoms with Crippen molar-refractivity contribution in [1.82, 2.24) is 9.80 Å². The van der Waals surface area contributed by atoms with Crippen molar-refractivity contribution in [2.24, 2.45) is 0 Å². The Labute approximate surface area is 246 Å². The molecule has 3 N–H and O–H groups in total. The molecule has 218 valence electrons. The highest BCUT2D eigenvalue weighted by molar-refractivity contribution is 7.84. The van der Waals surface area contributed by atoms with Crippen molar-refractivity contribution >= 4 is 25.3 Å². The van der Waals surface area contributed by atoms with Crippen LogP contribution in [0.1, 0.15) is 68.6 Å². The molecule has 3 rings (SSSR count). The summed E-state index contributed by atoms with van der Waals surface area (Å²) in [6.45, 7) is 8.89. The molecule has 1 saturated heterocycles. The van der Waals surface area contributed by atoms with Gasteiger partial charge < -0.3 is 25.0 Å². The van der Waals surface area contributed by atoms with Crippen LogP contribution in [0.25, 0.3) is 0 Å². The van der Waals surface area contributed by atoms with E-state index in [2.05, 4.69) is 48.6 Å². The third kappa shape index (κ3) is 9.87. The van der Waals surface area contributed by atoms with Gasteiger partial charge in [0.25, 0.3) is 0 Å². The van der Waals surface area contributed by atoms with Gasteiger partial charge in [0.1, 0.15) is 11.5 Å². The molecule has 1 fully saturated rings. The predicted octanol–water partition coefficient (Wildman–Crippen LogP) is 5.41. The zero-order valence-electron chi connectivity index (χ0n) is 24.0. The third-order valence-corrected chi connectivity index (χ3v) is 8.83. The summed E-state index contributed by atoms with van der Waals surface area (Å²) in [4.78, 5) is 5.29. The van der Waals surface area contributed by atoms with Gasteiger partial charge >= 0.3 is 0 Å². The van der Waals surface area contributed by atoms with E-state index in [9.17, 15) is 5.11 Å². The average molecular weight is 577 g/mol.